The van der Waals surface area contributed by atoms with Crippen molar-refractivity contribution in [2.75, 3.05) is 16.8 Å². The number of aromatic nitrogens is 3. The number of hydrogen-bond acceptors (Lipinski definition) is 5. The lowest BCUT2D eigenvalue weighted by Crippen LogP contribution is -2.30. The molecule has 0 unspecified atom stereocenters. The van der Waals surface area contributed by atoms with Crippen LogP contribution in [0.3, 0.4) is 0 Å². The van der Waals surface area contributed by atoms with Crippen LogP contribution in [0, 0.1) is 12.9 Å². The average molecular weight is 459 g/mol. The molecule has 172 valence electrons. The first-order valence-corrected chi connectivity index (χ1v) is 10.4. The predicted octanol–water partition coefficient (Wildman–Crippen LogP) is 4.47. The summed E-state index contributed by atoms with van der Waals surface area (Å²) in [6.07, 6.45) is -0.559. The van der Waals surface area contributed by atoms with Crippen LogP contribution in [0.2, 0.25) is 0 Å². The Hall–Kier alpha value is -3.56. The van der Waals surface area contributed by atoms with Crippen LogP contribution in [-0.2, 0) is 30.4 Å². The first-order valence-electron chi connectivity index (χ1n) is 10.4. The smallest absolute Gasteiger partial charge is 0.366 e. The Labute approximate surface area is 187 Å². The van der Waals surface area contributed by atoms with Gasteiger partial charge in [-0.25, -0.2) is 9.97 Å². The summed E-state index contributed by atoms with van der Waals surface area (Å²) in [5.41, 5.74) is 2.32. The first kappa shape index (κ1) is 22.6. The number of nitrogens with one attached hydrogen (secondary N) is 1. The van der Waals surface area contributed by atoms with Crippen molar-refractivity contribution >= 4 is 17.4 Å². The quantitative estimate of drug-likeness (QED) is 0.450. The van der Waals surface area contributed by atoms with Crippen LogP contribution in [0.4, 0.5) is 29.1 Å². The van der Waals surface area contributed by atoms with Crippen molar-refractivity contribution in [1.29, 1.82) is 0 Å². The minimum Gasteiger partial charge on any atom is -0.366 e. The number of carbonyl (C=O) groups excluding carboxylic acids is 1. The minimum atomic E-state index is -4.47. The summed E-state index contributed by atoms with van der Waals surface area (Å²) in [5, 5.41) is 2.74. The van der Waals surface area contributed by atoms with Crippen LogP contribution in [0.1, 0.15) is 34.5 Å². The van der Waals surface area contributed by atoms with E-state index in [1.54, 1.807) is 13.0 Å². The monoisotopic (exact) mass is 459 g/mol. The Balaban J connectivity index is 1.49. The van der Waals surface area contributed by atoms with E-state index in [4.69, 9.17) is 0 Å². The van der Waals surface area contributed by atoms with Gasteiger partial charge in [0.25, 0.3) is 0 Å². The number of amides is 1. The number of carbonyl (C=O) groups is 1. The van der Waals surface area contributed by atoms with Crippen molar-refractivity contribution in [3.05, 3.63) is 76.8 Å². The molecule has 1 aliphatic rings. The van der Waals surface area contributed by atoms with Crippen LogP contribution in [0.5, 0.6) is 0 Å². The first-order chi connectivity index (χ1) is 15.7. The molecule has 3 aromatic heterocycles. The number of halogens is 4. The van der Waals surface area contributed by atoms with Crippen molar-refractivity contribution in [3.8, 4) is 0 Å². The molecule has 0 saturated heterocycles. The number of alkyl halides is 3. The van der Waals surface area contributed by atoms with Crippen molar-refractivity contribution in [2.24, 2.45) is 0 Å². The third-order valence-corrected chi connectivity index (χ3v) is 5.39. The second-order valence-electron chi connectivity index (χ2n) is 7.87. The summed E-state index contributed by atoms with van der Waals surface area (Å²) in [4.78, 5) is 26.1. The van der Waals surface area contributed by atoms with E-state index < -0.39 is 23.7 Å². The van der Waals surface area contributed by atoms with Gasteiger partial charge in [0.05, 0.1) is 17.8 Å². The van der Waals surface area contributed by atoms with Crippen molar-refractivity contribution in [2.45, 2.75) is 38.9 Å². The van der Waals surface area contributed by atoms with Crippen LogP contribution in [0.15, 0.2) is 42.7 Å². The maximum Gasteiger partial charge on any atom is 0.433 e. The van der Waals surface area contributed by atoms with Crippen LogP contribution >= 0.6 is 0 Å². The van der Waals surface area contributed by atoms with E-state index in [0.717, 1.165) is 36.0 Å². The zero-order chi connectivity index (χ0) is 23.6. The van der Waals surface area contributed by atoms with Gasteiger partial charge in [-0.15, -0.1) is 0 Å². The lowest BCUT2D eigenvalue weighted by molar-refractivity contribution is -0.141. The molecule has 3 aromatic rings. The number of fused-ring (bicyclic) bond motifs is 1. The predicted molar refractivity (Wildman–Crippen MR) is 114 cm³/mol. The van der Waals surface area contributed by atoms with Crippen molar-refractivity contribution in [3.63, 3.8) is 0 Å². The molecule has 33 heavy (non-hydrogen) atoms. The summed E-state index contributed by atoms with van der Waals surface area (Å²) in [6.45, 7) is 2.92. The zero-order valence-electron chi connectivity index (χ0n) is 17.8. The van der Waals surface area contributed by atoms with Gasteiger partial charge in [0.2, 0.25) is 11.9 Å². The lowest BCUT2D eigenvalue weighted by atomic mass is 10.0. The number of pyridine rings is 3. The molecule has 0 spiro atoms. The van der Waals surface area contributed by atoms with Crippen molar-refractivity contribution < 1.29 is 22.4 Å². The van der Waals surface area contributed by atoms with Gasteiger partial charge < -0.3 is 10.2 Å². The van der Waals surface area contributed by atoms with Crippen LogP contribution in [-0.4, -0.2) is 27.4 Å². The topological polar surface area (TPSA) is 71.0 Å². The van der Waals surface area contributed by atoms with E-state index in [9.17, 15) is 22.4 Å². The highest BCUT2D eigenvalue weighted by atomic mass is 19.4. The van der Waals surface area contributed by atoms with E-state index in [1.807, 2.05) is 11.0 Å². The summed E-state index contributed by atoms with van der Waals surface area (Å²) >= 11 is 0. The van der Waals surface area contributed by atoms with Gasteiger partial charge in [-0.05, 0) is 49.1 Å². The molecule has 6 nitrogen and oxygen atoms in total. The highest BCUT2D eigenvalue weighted by Gasteiger charge is 2.32. The van der Waals surface area contributed by atoms with E-state index in [-0.39, 0.29) is 12.0 Å². The highest BCUT2D eigenvalue weighted by molar-refractivity contribution is 5.92. The van der Waals surface area contributed by atoms with Gasteiger partial charge in [-0.2, -0.15) is 17.6 Å². The van der Waals surface area contributed by atoms with Gasteiger partial charge in [0.1, 0.15) is 11.5 Å². The maximum absolute atomic E-state index is 13.7. The second kappa shape index (κ2) is 9.13. The molecule has 0 aromatic carbocycles. The molecule has 4 heterocycles. The Bertz CT molecular complexity index is 1160. The highest BCUT2D eigenvalue weighted by Crippen LogP contribution is 2.31. The van der Waals surface area contributed by atoms with E-state index in [1.165, 1.54) is 24.5 Å². The zero-order valence-corrected chi connectivity index (χ0v) is 17.8. The molecule has 0 saturated carbocycles. The fourth-order valence-corrected chi connectivity index (χ4v) is 3.75. The average Bonchev–Trinajstić information content (AvgIpc) is 2.76. The van der Waals surface area contributed by atoms with Crippen LogP contribution in [0.25, 0.3) is 0 Å². The third-order valence-electron chi connectivity index (χ3n) is 5.39. The normalized spacial score (nSPS) is 13.5. The van der Waals surface area contributed by atoms with Gasteiger partial charge in [-0.1, -0.05) is 12.1 Å². The lowest BCUT2D eigenvalue weighted by Gasteiger charge is -2.31. The largest absolute Gasteiger partial charge is 0.433 e. The summed E-state index contributed by atoms with van der Waals surface area (Å²) in [6, 6.07) is 7.38. The molecule has 4 rings (SSSR count). The van der Waals surface area contributed by atoms with E-state index in [2.05, 4.69) is 20.3 Å². The number of nitrogens with zero attached hydrogens (tertiary/aromatic N) is 4. The maximum atomic E-state index is 13.7. The molecule has 1 N–H and O–H groups in total. The fourth-order valence-electron chi connectivity index (χ4n) is 3.75. The summed E-state index contributed by atoms with van der Waals surface area (Å²) in [5.74, 6) is -0.682. The summed E-state index contributed by atoms with van der Waals surface area (Å²) in [7, 11) is 0. The Morgan fingerprint density at radius 2 is 2.03 bits per heavy atom. The Kier molecular flexibility index (Phi) is 6.26. The van der Waals surface area contributed by atoms with Gasteiger partial charge in [-0.3, -0.25) is 9.78 Å². The van der Waals surface area contributed by atoms with Crippen molar-refractivity contribution in [1.82, 2.24) is 15.0 Å². The molecular formula is C23H21F4N5O. The molecule has 0 atom stereocenters. The van der Waals surface area contributed by atoms with Gasteiger partial charge >= 0.3 is 6.18 Å². The van der Waals surface area contributed by atoms with E-state index >= 15 is 0 Å². The number of anilines is 2. The molecule has 0 fully saturated rings. The molecule has 10 heteroatoms. The summed E-state index contributed by atoms with van der Waals surface area (Å²) < 4.78 is 52.0. The molecule has 1 amide bonds. The Morgan fingerprint density at radius 3 is 2.73 bits per heavy atom. The number of hydrogen-bond donors (Lipinski definition) is 1. The molecule has 0 aliphatic carbocycles. The molecular weight excluding hydrogens is 438 g/mol. The molecule has 0 bridgehead atoms. The second-order valence-corrected chi connectivity index (χ2v) is 7.87. The Morgan fingerprint density at radius 1 is 1.21 bits per heavy atom. The SMILES string of the molecule is Cc1cc2c(nc1NC(=O)Cc1cccnc1F)CCCN2Cc1ccc(C(F)(F)F)nc1. The van der Waals surface area contributed by atoms with Gasteiger partial charge in [0, 0.05) is 31.0 Å². The third kappa shape index (κ3) is 5.27. The number of aryl methyl sites for hydroxylation is 2. The minimum absolute atomic E-state index is 0.162. The molecule has 1 aliphatic heterocycles. The number of rotatable bonds is 5. The van der Waals surface area contributed by atoms with Gasteiger partial charge in [0.15, 0.2) is 0 Å². The van der Waals surface area contributed by atoms with Crippen LogP contribution < -0.4 is 10.2 Å². The van der Waals surface area contributed by atoms with E-state index in [0.29, 0.717) is 24.3 Å². The standard InChI is InChI=1S/C23H21F4N5O/c1-14-10-18-17(30-22(14)31-20(33)11-16-4-2-8-28-21(16)24)5-3-9-32(18)13-15-6-7-19(29-12-15)23(25,26)27/h2,4,6-8,10,12H,3,5,9,11,13H2,1H3,(H,30,31,33). The molecule has 0 radical (unpaired) electrons. The fraction of sp³-hybridized carbons (Fsp3) is 0.304.